The van der Waals surface area contributed by atoms with Gasteiger partial charge in [-0.25, -0.2) is 13.4 Å². The van der Waals surface area contributed by atoms with Crippen LogP contribution in [0.3, 0.4) is 0 Å². The predicted molar refractivity (Wildman–Crippen MR) is 138 cm³/mol. The minimum Gasteiger partial charge on any atom is -0.366 e. The highest BCUT2D eigenvalue weighted by atomic mass is 35.5. The Morgan fingerprint density at radius 1 is 1.21 bits per heavy atom. The number of nitrogens with zero attached hydrogens (tertiary/aromatic N) is 3. The van der Waals surface area contributed by atoms with Gasteiger partial charge in [-0.2, -0.15) is 17.5 Å². The van der Waals surface area contributed by atoms with Gasteiger partial charge in [0.05, 0.1) is 22.1 Å². The number of anilines is 1. The topological polar surface area (TPSA) is 135 Å². The van der Waals surface area contributed by atoms with Crippen LogP contribution in [-0.4, -0.2) is 47.7 Å². The summed E-state index contributed by atoms with van der Waals surface area (Å²) in [5.74, 6) is -0.435. The molecule has 0 bridgehead atoms. The van der Waals surface area contributed by atoms with E-state index in [-0.39, 0.29) is 52.0 Å². The lowest BCUT2D eigenvalue weighted by atomic mass is 10.1. The van der Waals surface area contributed by atoms with Crippen molar-refractivity contribution in [2.24, 2.45) is 0 Å². The summed E-state index contributed by atoms with van der Waals surface area (Å²) in [6, 6.07) is 8.84. The van der Waals surface area contributed by atoms with Gasteiger partial charge in [-0.3, -0.25) is 14.9 Å². The minimum atomic E-state index is -4.56. The molecular weight excluding hydrogens is 583 g/mol. The number of amides is 1. The highest BCUT2D eigenvalue weighted by Gasteiger charge is 2.33. The Balaban J connectivity index is 1.32. The predicted octanol–water partition coefficient (Wildman–Crippen LogP) is 4.92. The number of piperidine rings is 1. The number of alkyl halides is 3. The van der Waals surface area contributed by atoms with Crippen molar-refractivity contribution in [2.45, 2.75) is 35.8 Å². The fourth-order valence-corrected chi connectivity index (χ4v) is 7.02. The molecule has 3 aromatic rings. The van der Waals surface area contributed by atoms with Gasteiger partial charge in [-0.1, -0.05) is 17.7 Å². The monoisotopic (exact) mass is 603 g/mol. The number of sulfonamides is 1. The zero-order valence-electron chi connectivity index (χ0n) is 19.9. The lowest BCUT2D eigenvalue weighted by molar-refractivity contribution is -0.384. The molecule has 4 rings (SSSR count). The number of benzene rings is 1. The Bertz CT molecular complexity index is 1490. The molecule has 16 heteroatoms. The van der Waals surface area contributed by atoms with E-state index >= 15 is 0 Å². The van der Waals surface area contributed by atoms with Gasteiger partial charge in [0, 0.05) is 47.9 Å². The van der Waals surface area contributed by atoms with Crippen molar-refractivity contribution in [2.75, 3.05) is 18.4 Å². The summed E-state index contributed by atoms with van der Waals surface area (Å²) in [6.45, 7) is 0.388. The van der Waals surface area contributed by atoms with Crippen LogP contribution in [0.15, 0.2) is 52.9 Å². The van der Waals surface area contributed by atoms with Gasteiger partial charge in [0.2, 0.25) is 0 Å². The third kappa shape index (κ3) is 6.84. The Morgan fingerprint density at radius 3 is 2.56 bits per heavy atom. The van der Waals surface area contributed by atoms with Gasteiger partial charge >= 0.3 is 6.18 Å². The SMILES string of the molecule is O=C(NCc1ccc(S(=O)(=O)N2CCC(Nc3ncc(C(F)(F)F)cc3Cl)CC2)s1)c1cccc([N+](=O)[O-])c1. The van der Waals surface area contributed by atoms with Crippen LogP contribution in [0, 0.1) is 10.1 Å². The number of aromatic nitrogens is 1. The summed E-state index contributed by atoms with van der Waals surface area (Å²) in [5.41, 5.74) is -1.07. The molecular formula is C23H21ClF3N5O5S2. The van der Waals surface area contributed by atoms with Crippen molar-refractivity contribution in [1.29, 1.82) is 0 Å². The number of pyridine rings is 1. The van der Waals surface area contributed by atoms with Crippen LogP contribution in [0.4, 0.5) is 24.7 Å². The summed E-state index contributed by atoms with van der Waals surface area (Å²) >= 11 is 6.95. The number of hydrogen-bond donors (Lipinski definition) is 2. The van der Waals surface area contributed by atoms with E-state index in [0.29, 0.717) is 23.9 Å². The zero-order valence-corrected chi connectivity index (χ0v) is 22.3. The first-order valence-electron chi connectivity index (χ1n) is 11.5. The van der Waals surface area contributed by atoms with Crippen LogP contribution in [-0.2, 0) is 22.7 Å². The minimum absolute atomic E-state index is 0.0363. The number of nitrogens with one attached hydrogen (secondary N) is 2. The summed E-state index contributed by atoms with van der Waals surface area (Å²) < 4.78 is 66.2. The summed E-state index contributed by atoms with van der Waals surface area (Å²) in [5, 5.41) is 16.3. The molecule has 3 heterocycles. The molecule has 0 atom stereocenters. The molecule has 1 saturated heterocycles. The van der Waals surface area contributed by atoms with E-state index in [4.69, 9.17) is 11.6 Å². The molecule has 10 nitrogen and oxygen atoms in total. The molecule has 0 radical (unpaired) electrons. The van der Waals surface area contributed by atoms with Crippen molar-refractivity contribution < 1.29 is 31.3 Å². The number of carbonyl (C=O) groups is 1. The number of nitro groups is 1. The number of rotatable bonds is 8. The molecule has 1 aliphatic heterocycles. The lowest BCUT2D eigenvalue weighted by Crippen LogP contribution is -2.42. The first kappa shape index (κ1) is 28.7. The van der Waals surface area contributed by atoms with Gasteiger partial charge in [0.25, 0.3) is 21.6 Å². The molecule has 1 aromatic carbocycles. The second-order valence-corrected chi connectivity index (χ2v) is 12.3. The molecule has 0 unspecified atom stereocenters. The Morgan fingerprint density at radius 2 is 1.92 bits per heavy atom. The highest BCUT2D eigenvalue weighted by Crippen LogP contribution is 2.33. The molecule has 0 spiro atoms. The van der Waals surface area contributed by atoms with Crippen LogP contribution in [0.25, 0.3) is 0 Å². The largest absolute Gasteiger partial charge is 0.417 e. The van der Waals surface area contributed by atoms with E-state index in [0.717, 1.165) is 23.5 Å². The second-order valence-electron chi connectivity index (χ2n) is 8.59. The molecule has 2 aromatic heterocycles. The van der Waals surface area contributed by atoms with Gasteiger partial charge in [-0.05, 0) is 37.1 Å². The summed E-state index contributed by atoms with van der Waals surface area (Å²) in [6.07, 6.45) is -3.10. The van der Waals surface area contributed by atoms with Crippen LogP contribution >= 0.6 is 22.9 Å². The number of carbonyl (C=O) groups excluding carboxylic acids is 1. The third-order valence-electron chi connectivity index (χ3n) is 5.94. The maximum absolute atomic E-state index is 13.1. The highest BCUT2D eigenvalue weighted by molar-refractivity contribution is 7.91. The van der Waals surface area contributed by atoms with Crippen molar-refractivity contribution >= 4 is 50.4 Å². The Kier molecular flexibility index (Phi) is 8.44. The van der Waals surface area contributed by atoms with E-state index in [2.05, 4.69) is 15.6 Å². The van der Waals surface area contributed by atoms with Crippen LogP contribution < -0.4 is 10.6 Å². The summed E-state index contributed by atoms with van der Waals surface area (Å²) in [7, 11) is -3.80. The maximum atomic E-state index is 13.1. The first-order chi connectivity index (χ1) is 18.3. The van der Waals surface area contributed by atoms with Gasteiger partial charge < -0.3 is 10.6 Å². The molecule has 1 aliphatic rings. The van der Waals surface area contributed by atoms with Crippen LogP contribution in [0.5, 0.6) is 0 Å². The number of thiophene rings is 1. The van der Waals surface area contributed by atoms with E-state index in [1.165, 1.54) is 28.6 Å². The number of nitro benzene ring substituents is 1. The van der Waals surface area contributed by atoms with Crippen LogP contribution in [0.1, 0.15) is 33.6 Å². The fourth-order valence-electron chi connectivity index (χ4n) is 3.88. The maximum Gasteiger partial charge on any atom is 0.417 e. The molecule has 39 heavy (non-hydrogen) atoms. The molecule has 0 saturated carbocycles. The van der Waals surface area contributed by atoms with Crippen molar-refractivity contribution in [3.8, 4) is 0 Å². The molecule has 1 amide bonds. The first-order valence-corrected chi connectivity index (χ1v) is 14.1. The smallest absolute Gasteiger partial charge is 0.366 e. The summed E-state index contributed by atoms with van der Waals surface area (Å²) in [4.78, 5) is 27.0. The van der Waals surface area contributed by atoms with Gasteiger partial charge in [0.15, 0.2) is 0 Å². The van der Waals surface area contributed by atoms with Crippen molar-refractivity contribution in [1.82, 2.24) is 14.6 Å². The van der Waals surface area contributed by atoms with E-state index in [9.17, 15) is 36.5 Å². The van der Waals surface area contributed by atoms with E-state index in [1.54, 1.807) is 6.07 Å². The normalized spacial score (nSPS) is 15.2. The molecule has 2 N–H and O–H groups in total. The standard InChI is InChI=1S/C23H21ClF3N5O5S2/c24-19-11-15(23(25,26)27)12-28-21(19)30-16-6-8-31(9-7-16)39(36,37)20-5-4-18(38-20)13-29-22(33)14-2-1-3-17(10-14)32(34)35/h1-5,10-12,16H,6-9,13H2,(H,28,30)(H,29,33). The number of hydrogen-bond acceptors (Lipinski definition) is 8. The third-order valence-corrected chi connectivity index (χ3v) is 9.68. The Hall–Kier alpha value is -3.27. The molecule has 0 aliphatic carbocycles. The quantitative estimate of drug-likeness (QED) is 0.276. The fraction of sp³-hybridized carbons (Fsp3) is 0.304. The van der Waals surface area contributed by atoms with Gasteiger partial charge in [0.1, 0.15) is 10.0 Å². The van der Waals surface area contributed by atoms with Crippen molar-refractivity contribution in [3.63, 3.8) is 0 Å². The van der Waals surface area contributed by atoms with Crippen LogP contribution in [0.2, 0.25) is 5.02 Å². The van der Waals surface area contributed by atoms with E-state index in [1.807, 2.05) is 0 Å². The lowest BCUT2D eigenvalue weighted by Gasteiger charge is -2.31. The molecule has 208 valence electrons. The Labute approximate surface area is 230 Å². The average molecular weight is 604 g/mol. The number of non-ortho nitro benzene ring substituents is 1. The van der Waals surface area contributed by atoms with Crippen molar-refractivity contribution in [3.05, 3.63) is 79.8 Å². The van der Waals surface area contributed by atoms with Gasteiger partial charge in [-0.15, -0.1) is 11.3 Å². The number of halogens is 4. The molecule has 1 fully saturated rings. The average Bonchev–Trinajstić information content (AvgIpc) is 3.38. The second kappa shape index (κ2) is 11.5. The zero-order chi connectivity index (χ0) is 28.4. The van der Waals surface area contributed by atoms with E-state index < -0.39 is 32.6 Å².